The number of nitrogens with one attached hydrogen (secondary N) is 1. The lowest BCUT2D eigenvalue weighted by molar-refractivity contribution is -0.121. The maximum absolute atomic E-state index is 13.0. The number of nitrogens with zero attached hydrogens (tertiary/aromatic N) is 2. The minimum absolute atomic E-state index is 0. The van der Waals surface area contributed by atoms with Crippen molar-refractivity contribution in [3.05, 3.63) is 71.4 Å². The largest absolute Gasteiger partial charge is 0.355 e. The number of para-hydroxylation sites is 1. The third kappa shape index (κ3) is 6.64. The Hall–Kier alpha value is -2.30. The van der Waals surface area contributed by atoms with Gasteiger partial charge in [0.25, 0.3) is 0 Å². The van der Waals surface area contributed by atoms with E-state index in [0.717, 1.165) is 19.0 Å². The van der Waals surface area contributed by atoms with E-state index >= 15 is 0 Å². The molecule has 4 nitrogen and oxygen atoms in total. The van der Waals surface area contributed by atoms with Gasteiger partial charge in [-0.3, -0.25) is 4.79 Å². The summed E-state index contributed by atoms with van der Waals surface area (Å²) < 4.78 is 2.47. The molecular weight excluding hydrogens is 442 g/mol. The number of carbonyl (C=O) groups is 1. The van der Waals surface area contributed by atoms with Crippen molar-refractivity contribution in [2.75, 3.05) is 27.2 Å². The van der Waals surface area contributed by atoms with Gasteiger partial charge < -0.3 is 14.8 Å². The third-order valence-corrected chi connectivity index (χ3v) is 7.09. The van der Waals surface area contributed by atoms with Crippen molar-refractivity contribution >= 4 is 29.2 Å². The number of hydrogen-bond donors (Lipinski definition) is 1. The molecule has 2 aromatic carbocycles. The summed E-state index contributed by atoms with van der Waals surface area (Å²) in [5.41, 5.74) is 5.02. The van der Waals surface area contributed by atoms with E-state index in [9.17, 15) is 4.79 Å². The lowest BCUT2D eigenvalue weighted by Gasteiger charge is -2.22. The number of rotatable bonds is 9. The first kappa shape index (κ1) is 26.3. The molecule has 1 aliphatic carbocycles. The van der Waals surface area contributed by atoms with Crippen molar-refractivity contribution in [2.24, 2.45) is 5.92 Å². The maximum atomic E-state index is 13.0. The second-order valence-corrected chi connectivity index (χ2v) is 10.1. The Labute approximate surface area is 211 Å². The van der Waals surface area contributed by atoms with Crippen LogP contribution in [0.1, 0.15) is 61.1 Å². The Bertz CT molecular complexity index is 1070. The van der Waals surface area contributed by atoms with Gasteiger partial charge in [-0.1, -0.05) is 67.3 Å². The molecule has 1 heterocycles. The molecule has 0 radical (unpaired) electrons. The van der Waals surface area contributed by atoms with E-state index in [1.807, 2.05) is 14.1 Å². The molecule has 0 aliphatic heterocycles. The first-order valence-electron chi connectivity index (χ1n) is 12.6. The zero-order valence-corrected chi connectivity index (χ0v) is 21.7. The first-order chi connectivity index (χ1) is 16.0. The van der Waals surface area contributed by atoms with E-state index in [0.29, 0.717) is 13.0 Å². The second-order valence-electron chi connectivity index (χ2n) is 10.1. The molecule has 1 aromatic heterocycles. The summed E-state index contributed by atoms with van der Waals surface area (Å²) in [6, 6.07) is 17.4. The molecule has 1 amide bonds. The normalized spacial score (nSPS) is 15.3. The second kappa shape index (κ2) is 12.4. The number of fused-ring (bicyclic) bond motifs is 1. The fourth-order valence-electron chi connectivity index (χ4n) is 5.32. The molecule has 184 valence electrons. The maximum Gasteiger partial charge on any atom is 0.220 e. The van der Waals surface area contributed by atoms with Crippen molar-refractivity contribution in [1.29, 1.82) is 0 Å². The van der Waals surface area contributed by atoms with Crippen molar-refractivity contribution in [1.82, 2.24) is 14.8 Å². The summed E-state index contributed by atoms with van der Waals surface area (Å²) in [5.74, 6) is 0.920. The molecule has 34 heavy (non-hydrogen) atoms. The summed E-state index contributed by atoms with van der Waals surface area (Å²) in [4.78, 5) is 15.1. The van der Waals surface area contributed by atoms with Crippen molar-refractivity contribution in [3.8, 4) is 0 Å². The molecule has 5 heteroatoms. The van der Waals surface area contributed by atoms with Gasteiger partial charge in [0.05, 0.1) is 0 Å². The minimum Gasteiger partial charge on any atom is -0.355 e. The molecular formula is C29H40ClN3O. The van der Waals surface area contributed by atoms with Crippen LogP contribution in [0.4, 0.5) is 0 Å². The van der Waals surface area contributed by atoms with Gasteiger partial charge in [0.1, 0.15) is 0 Å². The van der Waals surface area contributed by atoms with Crippen LogP contribution in [-0.4, -0.2) is 42.6 Å². The van der Waals surface area contributed by atoms with Crippen LogP contribution in [0.3, 0.4) is 0 Å². The summed E-state index contributed by atoms with van der Waals surface area (Å²) in [7, 11) is 4.06. The summed E-state index contributed by atoms with van der Waals surface area (Å²) in [6.07, 6.45) is 9.57. The molecule has 0 spiro atoms. The summed E-state index contributed by atoms with van der Waals surface area (Å²) >= 11 is 0. The molecule has 1 aliphatic rings. The van der Waals surface area contributed by atoms with E-state index in [-0.39, 0.29) is 24.2 Å². The fourth-order valence-corrected chi connectivity index (χ4v) is 5.32. The number of likely N-dealkylation sites (N-methyl/N-ethyl adjacent to an activating group) is 1. The van der Waals surface area contributed by atoms with E-state index < -0.39 is 0 Å². The molecule has 1 fully saturated rings. The molecule has 3 aromatic rings. The highest BCUT2D eigenvalue weighted by Crippen LogP contribution is 2.36. The predicted octanol–water partition coefficient (Wildman–Crippen LogP) is 6.15. The highest BCUT2D eigenvalue weighted by atomic mass is 35.5. The van der Waals surface area contributed by atoms with Crippen LogP contribution < -0.4 is 5.32 Å². The van der Waals surface area contributed by atoms with Gasteiger partial charge in [0, 0.05) is 49.1 Å². The van der Waals surface area contributed by atoms with E-state index in [1.165, 1.54) is 59.7 Å². The Balaban J connectivity index is 0.00000324. The van der Waals surface area contributed by atoms with Crippen molar-refractivity contribution < 1.29 is 4.79 Å². The number of aryl methyl sites for hydroxylation is 1. The van der Waals surface area contributed by atoms with Gasteiger partial charge in [-0.2, -0.15) is 0 Å². The Morgan fingerprint density at radius 1 is 1.09 bits per heavy atom. The third-order valence-electron chi connectivity index (χ3n) is 7.09. The zero-order chi connectivity index (χ0) is 23.2. The van der Waals surface area contributed by atoms with Crippen LogP contribution in [0, 0.1) is 12.8 Å². The van der Waals surface area contributed by atoms with Gasteiger partial charge in [0.15, 0.2) is 0 Å². The molecule has 1 atom stereocenters. The Kier molecular flexibility index (Phi) is 9.61. The molecule has 0 saturated heterocycles. The SMILES string of the molecule is Cc1cccc(C(CC(=O)NCCN(C)C)c2cn(CC3CCCCC3)c3ccccc23)c1.Cl. The quantitative estimate of drug-likeness (QED) is 0.398. The first-order valence-corrected chi connectivity index (χ1v) is 12.6. The monoisotopic (exact) mass is 481 g/mol. The highest BCUT2D eigenvalue weighted by molar-refractivity contribution is 5.86. The predicted molar refractivity (Wildman–Crippen MR) is 145 cm³/mol. The van der Waals surface area contributed by atoms with Crippen LogP contribution in [0.5, 0.6) is 0 Å². The van der Waals surface area contributed by atoms with Gasteiger partial charge in [-0.15, -0.1) is 12.4 Å². The van der Waals surface area contributed by atoms with Gasteiger partial charge in [-0.05, 0) is 57.0 Å². The van der Waals surface area contributed by atoms with Gasteiger partial charge >= 0.3 is 0 Å². The topological polar surface area (TPSA) is 37.3 Å². The molecule has 1 saturated carbocycles. The number of amides is 1. The zero-order valence-electron chi connectivity index (χ0n) is 20.9. The minimum atomic E-state index is 0. The molecule has 1 N–H and O–H groups in total. The highest BCUT2D eigenvalue weighted by Gasteiger charge is 2.24. The number of hydrogen-bond acceptors (Lipinski definition) is 2. The summed E-state index contributed by atoms with van der Waals surface area (Å²) in [6.45, 7) is 4.73. The average molecular weight is 482 g/mol. The van der Waals surface area contributed by atoms with Crippen LogP contribution in [0.25, 0.3) is 10.9 Å². The van der Waals surface area contributed by atoms with Crippen LogP contribution in [0.15, 0.2) is 54.7 Å². The average Bonchev–Trinajstić information content (AvgIpc) is 3.16. The van der Waals surface area contributed by atoms with Crippen molar-refractivity contribution in [2.45, 2.75) is 57.9 Å². The van der Waals surface area contributed by atoms with Crippen LogP contribution in [0.2, 0.25) is 0 Å². The number of carbonyl (C=O) groups excluding carboxylic acids is 1. The van der Waals surface area contributed by atoms with E-state index in [2.05, 4.69) is 76.4 Å². The molecule has 0 bridgehead atoms. The summed E-state index contributed by atoms with van der Waals surface area (Å²) in [5, 5.41) is 4.41. The lowest BCUT2D eigenvalue weighted by atomic mass is 9.87. The molecule has 1 unspecified atom stereocenters. The Morgan fingerprint density at radius 2 is 1.85 bits per heavy atom. The van der Waals surface area contributed by atoms with Crippen LogP contribution in [-0.2, 0) is 11.3 Å². The Morgan fingerprint density at radius 3 is 2.59 bits per heavy atom. The number of halogens is 1. The van der Waals surface area contributed by atoms with Gasteiger partial charge in [-0.25, -0.2) is 0 Å². The standard InChI is InChI=1S/C29H39N3O.ClH/c1-22-10-9-13-24(18-22)26(19-29(33)30-16-17-31(2)3)27-21-32(20-23-11-5-4-6-12-23)28-15-8-7-14-25(27)28;/h7-10,13-15,18,21,23,26H,4-6,11-12,16-17,19-20H2,1-3H3,(H,30,33);1H. The number of aromatic nitrogens is 1. The smallest absolute Gasteiger partial charge is 0.220 e. The number of benzene rings is 2. The fraction of sp³-hybridized carbons (Fsp3) is 0.483. The van der Waals surface area contributed by atoms with E-state index in [1.54, 1.807) is 0 Å². The molecule has 4 rings (SSSR count). The van der Waals surface area contributed by atoms with Crippen molar-refractivity contribution in [3.63, 3.8) is 0 Å². The van der Waals surface area contributed by atoms with E-state index in [4.69, 9.17) is 0 Å². The lowest BCUT2D eigenvalue weighted by Crippen LogP contribution is -2.32. The van der Waals surface area contributed by atoms with Gasteiger partial charge in [0.2, 0.25) is 5.91 Å². The van der Waals surface area contributed by atoms with Crippen LogP contribution >= 0.6 is 12.4 Å².